The number of benzene rings is 2. The van der Waals surface area contributed by atoms with Gasteiger partial charge in [0.25, 0.3) is 40.5 Å². The van der Waals surface area contributed by atoms with E-state index >= 15 is 0 Å². The van der Waals surface area contributed by atoms with Gasteiger partial charge < -0.3 is 102 Å². The van der Waals surface area contributed by atoms with Crippen molar-refractivity contribution >= 4 is 99.7 Å². The summed E-state index contributed by atoms with van der Waals surface area (Å²) in [7, 11) is -19.5. The number of nitrogens with one attached hydrogen (secondary N) is 4. The molecule has 0 saturated heterocycles. The van der Waals surface area contributed by atoms with Gasteiger partial charge in [-0.3, -0.25) is 18.2 Å². The Bertz CT molecular complexity index is 3090. The standard InChI is InChI=1S/C44H68N12O26S4/c57-11-15-81-13-9-55(21-29(61)35(65)37(67)31(63)23-59)43-51-39(45-7-17-83(69,70)71)49-41(53-43)47-27-5-3-25(33(19-27)85(75,76)77)1-2-26-4-6-28(20-34(26)86(78,79)80)48-42-50-40(46-8-18-84(72,73)74)52-44(54-42)56(10-14-82-16-12-58)22-30(62)36(66)38(68)32(64)24-60/h1-6,19-20,29-32,35-38,57-68H,7-18,21-24H2,(H,69,70,71)(H,72,73,74)(H,75,76,77)(H,78,79,80)(H2,45,47,49,51,53)(H2,46,48,50,52,54). The van der Waals surface area contributed by atoms with Crippen molar-refractivity contribution in [2.45, 2.75) is 58.6 Å². The van der Waals surface area contributed by atoms with E-state index in [0.717, 1.165) is 46.2 Å². The third-order valence-corrected chi connectivity index (χ3v) is 14.8. The first-order chi connectivity index (χ1) is 40.3. The summed E-state index contributed by atoms with van der Waals surface area (Å²) in [5, 5.41) is 130. The van der Waals surface area contributed by atoms with Crippen LogP contribution in [0, 0.1) is 0 Å². The quantitative estimate of drug-likeness (QED) is 0.0112. The number of aliphatic hydroxyl groups is 12. The first-order valence-electron chi connectivity index (χ1n) is 25.2. The van der Waals surface area contributed by atoms with E-state index in [4.69, 9.17) is 9.47 Å². The summed E-state index contributed by atoms with van der Waals surface area (Å²) in [6, 6.07) is 6.35. The summed E-state index contributed by atoms with van der Waals surface area (Å²) in [5.74, 6) is -4.26. The number of aliphatic hydroxyl groups excluding tert-OH is 12. The molecule has 484 valence electrons. The Morgan fingerprint density at radius 2 is 0.802 bits per heavy atom. The third kappa shape index (κ3) is 24.0. The lowest BCUT2D eigenvalue weighted by Crippen LogP contribution is -2.50. The average molecular weight is 1310 g/mol. The monoisotopic (exact) mass is 1310 g/mol. The van der Waals surface area contributed by atoms with Gasteiger partial charge in [-0.2, -0.15) is 63.6 Å². The highest BCUT2D eigenvalue weighted by Crippen LogP contribution is 2.29. The van der Waals surface area contributed by atoms with Gasteiger partial charge in [-0.15, -0.1) is 0 Å². The summed E-state index contributed by atoms with van der Waals surface area (Å²) in [6.07, 6.45) is -13.9. The van der Waals surface area contributed by atoms with Gasteiger partial charge in [0.15, 0.2) is 0 Å². The maximum absolute atomic E-state index is 12.9. The van der Waals surface area contributed by atoms with Crippen LogP contribution < -0.4 is 31.1 Å². The minimum atomic E-state index is -5.20. The summed E-state index contributed by atoms with van der Waals surface area (Å²) < 4.78 is 148. The Morgan fingerprint density at radius 3 is 1.12 bits per heavy atom. The fraction of sp³-hybridized carbons (Fsp3) is 0.545. The third-order valence-electron chi connectivity index (χ3n) is 11.6. The molecule has 42 heteroatoms. The van der Waals surface area contributed by atoms with Crippen LogP contribution in [0.3, 0.4) is 0 Å². The van der Waals surface area contributed by atoms with Crippen LogP contribution in [0.5, 0.6) is 0 Å². The fourth-order valence-corrected chi connectivity index (χ4v) is 9.41. The minimum Gasteiger partial charge on any atom is -0.394 e. The molecule has 8 atom stereocenters. The Morgan fingerprint density at radius 1 is 0.465 bits per heavy atom. The smallest absolute Gasteiger partial charge is 0.295 e. The van der Waals surface area contributed by atoms with E-state index in [9.17, 15) is 113 Å². The molecule has 38 nitrogen and oxygen atoms in total. The van der Waals surface area contributed by atoms with E-state index in [0.29, 0.717) is 0 Å². The maximum atomic E-state index is 12.9. The number of ether oxygens (including phenoxy) is 2. The molecule has 2 aromatic heterocycles. The molecule has 2 aromatic carbocycles. The second-order valence-electron chi connectivity index (χ2n) is 18.2. The zero-order chi connectivity index (χ0) is 64.2. The summed E-state index contributed by atoms with van der Waals surface area (Å²) in [5.41, 5.74) is -1.01. The number of hydrogen-bond donors (Lipinski definition) is 20. The van der Waals surface area contributed by atoms with Crippen molar-refractivity contribution in [3.63, 3.8) is 0 Å². The van der Waals surface area contributed by atoms with Crippen LogP contribution in [0.15, 0.2) is 46.2 Å². The molecule has 0 saturated carbocycles. The normalized spacial score (nSPS) is 15.3. The van der Waals surface area contributed by atoms with Gasteiger partial charge in [-0.25, -0.2) is 0 Å². The SMILES string of the molecule is O=S(=O)(O)CCNc1nc(Nc2ccc(C=Cc3ccc(Nc4nc(NCCS(=O)(=O)O)nc(N(CCOCCO)CC(O)C(O)C(O)C(O)CO)n4)cc3S(=O)(=O)O)c(S(=O)(=O)O)c2)nc(N(CCOCCO)CC(O)C(O)C(O)C(O)CO)n1. The number of nitrogens with zero attached hydrogens (tertiary/aromatic N) is 8. The van der Waals surface area contributed by atoms with Crippen LogP contribution in [-0.2, 0) is 49.9 Å². The van der Waals surface area contributed by atoms with E-state index in [1.807, 2.05) is 0 Å². The van der Waals surface area contributed by atoms with Gasteiger partial charge in [-0.05, 0) is 35.4 Å². The first kappa shape index (κ1) is 72.6. The second-order valence-corrected chi connectivity index (χ2v) is 24.1. The minimum absolute atomic E-state index is 0.163. The lowest BCUT2D eigenvalue weighted by molar-refractivity contribution is -0.112. The van der Waals surface area contributed by atoms with E-state index in [2.05, 4.69) is 51.2 Å². The first-order valence-corrected chi connectivity index (χ1v) is 31.3. The number of anilines is 8. The number of aromatic nitrogens is 6. The predicted octanol–water partition coefficient (Wildman–Crippen LogP) is -6.69. The zero-order valence-corrected chi connectivity index (χ0v) is 48.3. The van der Waals surface area contributed by atoms with Crippen LogP contribution in [-0.4, -0.2) is 296 Å². The van der Waals surface area contributed by atoms with E-state index in [1.54, 1.807) is 0 Å². The topological polar surface area (TPSA) is 611 Å². The number of hydrogen-bond acceptors (Lipinski definition) is 34. The largest absolute Gasteiger partial charge is 0.394 e. The van der Waals surface area contributed by atoms with Crippen LogP contribution in [0.1, 0.15) is 11.1 Å². The lowest BCUT2D eigenvalue weighted by Gasteiger charge is -2.30. The van der Waals surface area contributed by atoms with Gasteiger partial charge in [-0.1, -0.05) is 24.3 Å². The van der Waals surface area contributed by atoms with Gasteiger partial charge in [0.05, 0.1) is 64.4 Å². The van der Waals surface area contributed by atoms with Gasteiger partial charge in [0.1, 0.15) is 58.6 Å². The van der Waals surface area contributed by atoms with E-state index in [1.165, 1.54) is 12.1 Å². The van der Waals surface area contributed by atoms with E-state index < -0.39 is 187 Å². The molecule has 0 aliphatic heterocycles. The molecule has 0 aliphatic carbocycles. The molecule has 0 amide bonds. The molecule has 4 aromatic rings. The predicted molar refractivity (Wildman–Crippen MR) is 300 cm³/mol. The van der Waals surface area contributed by atoms with E-state index in [-0.39, 0.29) is 73.9 Å². The molecule has 8 unspecified atom stereocenters. The summed E-state index contributed by atoms with van der Waals surface area (Å²) >= 11 is 0. The molecular weight excluding hydrogens is 1240 g/mol. The Balaban J connectivity index is 1.76. The van der Waals surface area contributed by atoms with Gasteiger partial charge >= 0.3 is 0 Å². The molecule has 0 fully saturated rings. The van der Waals surface area contributed by atoms with Crippen LogP contribution in [0.4, 0.5) is 47.1 Å². The van der Waals surface area contributed by atoms with Crippen molar-refractivity contribution in [3.05, 3.63) is 47.5 Å². The molecule has 2 heterocycles. The molecule has 4 rings (SSSR count). The molecule has 86 heavy (non-hydrogen) atoms. The lowest BCUT2D eigenvalue weighted by atomic mass is 10.0. The second kappa shape index (κ2) is 33.4. The summed E-state index contributed by atoms with van der Waals surface area (Å²) in [6.45, 7) is -6.37. The highest BCUT2D eigenvalue weighted by Gasteiger charge is 2.34. The fourth-order valence-electron chi connectivity index (χ4n) is 7.27. The Kier molecular flexibility index (Phi) is 28.2. The molecule has 0 aliphatic rings. The van der Waals surface area contributed by atoms with Gasteiger partial charge in [0, 0.05) is 50.6 Å². The van der Waals surface area contributed by atoms with Crippen molar-refractivity contribution in [3.8, 4) is 0 Å². The van der Waals surface area contributed by atoms with Crippen molar-refractivity contribution < 1.29 is 123 Å². The number of rotatable bonds is 40. The Hall–Kier alpha value is -5.92. The summed E-state index contributed by atoms with van der Waals surface area (Å²) in [4.78, 5) is 25.7. The average Bonchev–Trinajstić information content (AvgIpc) is 1.46. The molecule has 0 spiro atoms. The molecule has 0 radical (unpaired) electrons. The highest BCUT2D eigenvalue weighted by atomic mass is 32.2. The highest BCUT2D eigenvalue weighted by molar-refractivity contribution is 7.86. The van der Waals surface area contributed by atoms with Crippen molar-refractivity contribution in [1.82, 2.24) is 29.9 Å². The van der Waals surface area contributed by atoms with Gasteiger partial charge in [0.2, 0.25) is 35.7 Å². The van der Waals surface area contributed by atoms with Crippen molar-refractivity contribution in [1.29, 1.82) is 0 Å². The van der Waals surface area contributed by atoms with Crippen LogP contribution in [0.25, 0.3) is 12.2 Å². The molecule has 20 N–H and O–H groups in total. The maximum Gasteiger partial charge on any atom is 0.295 e. The van der Waals surface area contributed by atoms with Crippen molar-refractivity contribution in [2.75, 3.05) is 135 Å². The van der Waals surface area contributed by atoms with Crippen molar-refractivity contribution in [2.24, 2.45) is 0 Å². The van der Waals surface area contributed by atoms with Crippen LogP contribution >= 0.6 is 0 Å². The molecule has 0 bridgehead atoms. The van der Waals surface area contributed by atoms with Crippen LogP contribution in [0.2, 0.25) is 0 Å². The molecular formula is C44H68N12O26S4. The Labute approximate surface area is 491 Å². The zero-order valence-electron chi connectivity index (χ0n) is 45.0.